The second kappa shape index (κ2) is 5.06. The minimum atomic E-state index is 0.0507. The molecular formula is C12H15N7S. The first kappa shape index (κ1) is 12.8. The molecule has 0 aliphatic rings. The molecule has 0 aromatic carbocycles. The van der Waals surface area contributed by atoms with Gasteiger partial charge in [0.2, 0.25) is 0 Å². The first-order chi connectivity index (χ1) is 9.67. The molecule has 7 nitrogen and oxygen atoms in total. The molecule has 1 atom stereocenters. The summed E-state index contributed by atoms with van der Waals surface area (Å²) in [5.41, 5.74) is 3.31. The Morgan fingerprint density at radius 2 is 2.25 bits per heavy atom. The summed E-state index contributed by atoms with van der Waals surface area (Å²) in [5.74, 6) is 6.68. The summed E-state index contributed by atoms with van der Waals surface area (Å²) in [5, 5.41) is 4.35. The minimum absolute atomic E-state index is 0.0507. The van der Waals surface area contributed by atoms with Crippen LogP contribution in [0.4, 0.5) is 11.6 Å². The molecule has 0 aliphatic heterocycles. The Hall–Kier alpha value is -2.19. The summed E-state index contributed by atoms with van der Waals surface area (Å²) in [6, 6.07) is 0.0507. The van der Waals surface area contributed by atoms with Crippen LogP contribution < -0.4 is 16.6 Å². The number of aryl methyl sites for hydroxylation is 1. The van der Waals surface area contributed by atoms with E-state index in [2.05, 4.69) is 25.7 Å². The SMILES string of the molecule is Cc1cnc(C(C)Nc2nc(NN)cn3ccnc23)s1. The highest BCUT2D eigenvalue weighted by Gasteiger charge is 2.13. The van der Waals surface area contributed by atoms with Gasteiger partial charge < -0.3 is 15.1 Å². The number of fused-ring (bicyclic) bond motifs is 1. The Labute approximate surface area is 119 Å². The van der Waals surface area contributed by atoms with Gasteiger partial charge in [-0.25, -0.2) is 20.8 Å². The van der Waals surface area contributed by atoms with Crippen molar-refractivity contribution in [3.05, 3.63) is 34.7 Å². The van der Waals surface area contributed by atoms with Crippen LogP contribution in [0.2, 0.25) is 0 Å². The van der Waals surface area contributed by atoms with Gasteiger partial charge in [0.1, 0.15) is 5.01 Å². The Bertz CT molecular complexity index is 732. The molecule has 0 bridgehead atoms. The second-order valence-corrected chi connectivity index (χ2v) is 5.72. The van der Waals surface area contributed by atoms with E-state index in [9.17, 15) is 0 Å². The quantitative estimate of drug-likeness (QED) is 0.502. The van der Waals surface area contributed by atoms with Gasteiger partial charge in [-0.05, 0) is 13.8 Å². The van der Waals surface area contributed by atoms with E-state index in [0.717, 1.165) is 10.7 Å². The summed E-state index contributed by atoms with van der Waals surface area (Å²) in [6.07, 6.45) is 7.22. The number of nitrogens with two attached hydrogens (primary N) is 1. The lowest BCUT2D eigenvalue weighted by molar-refractivity contribution is 0.859. The molecule has 0 saturated carbocycles. The number of hydrogen-bond donors (Lipinski definition) is 3. The average Bonchev–Trinajstić information content (AvgIpc) is 3.06. The highest BCUT2D eigenvalue weighted by Crippen LogP contribution is 2.24. The predicted molar refractivity (Wildman–Crippen MR) is 79.7 cm³/mol. The third-order valence-corrected chi connectivity index (χ3v) is 3.98. The van der Waals surface area contributed by atoms with Gasteiger partial charge >= 0.3 is 0 Å². The number of aromatic nitrogens is 4. The van der Waals surface area contributed by atoms with Crippen molar-refractivity contribution in [2.75, 3.05) is 10.7 Å². The maximum atomic E-state index is 5.44. The molecule has 0 saturated heterocycles. The Kier molecular flexibility index (Phi) is 3.25. The number of imidazole rings is 1. The van der Waals surface area contributed by atoms with Crippen LogP contribution in [0, 0.1) is 6.92 Å². The van der Waals surface area contributed by atoms with E-state index in [1.807, 2.05) is 30.6 Å². The lowest BCUT2D eigenvalue weighted by atomic mass is 10.3. The molecule has 3 aromatic rings. The normalized spacial score (nSPS) is 12.6. The van der Waals surface area contributed by atoms with Crippen LogP contribution in [-0.4, -0.2) is 19.4 Å². The smallest absolute Gasteiger partial charge is 0.180 e. The molecule has 4 N–H and O–H groups in total. The van der Waals surface area contributed by atoms with Gasteiger partial charge in [-0.2, -0.15) is 0 Å². The fourth-order valence-electron chi connectivity index (χ4n) is 1.94. The topological polar surface area (TPSA) is 93.2 Å². The molecule has 8 heteroatoms. The number of hydrazine groups is 1. The molecule has 1 unspecified atom stereocenters. The van der Waals surface area contributed by atoms with Crippen molar-refractivity contribution < 1.29 is 0 Å². The van der Waals surface area contributed by atoms with Crippen LogP contribution in [0.25, 0.3) is 5.65 Å². The van der Waals surface area contributed by atoms with Crippen LogP contribution in [0.5, 0.6) is 0 Å². The maximum Gasteiger partial charge on any atom is 0.180 e. The number of thiazole rings is 1. The van der Waals surface area contributed by atoms with E-state index in [-0.39, 0.29) is 6.04 Å². The zero-order valence-corrected chi connectivity index (χ0v) is 12.0. The van der Waals surface area contributed by atoms with E-state index in [1.54, 1.807) is 23.7 Å². The molecule has 0 amide bonds. The predicted octanol–water partition coefficient (Wildman–Crippen LogP) is 1.95. The van der Waals surface area contributed by atoms with Crippen molar-refractivity contribution in [3.63, 3.8) is 0 Å². The second-order valence-electron chi connectivity index (χ2n) is 4.45. The summed E-state index contributed by atoms with van der Waals surface area (Å²) in [7, 11) is 0. The molecular weight excluding hydrogens is 274 g/mol. The zero-order chi connectivity index (χ0) is 14.1. The lowest BCUT2D eigenvalue weighted by Gasteiger charge is -2.13. The van der Waals surface area contributed by atoms with Crippen LogP contribution in [-0.2, 0) is 0 Å². The Morgan fingerprint density at radius 1 is 1.40 bits per heavy atom. The van der Waals surface area contributed by atoms with Gasteiger partial charge in [0.05, 0.1) is 12.2 Å². The fourth-order valence-corrected chi connectivity index (χ4v) is 2.71. The first-order valence-electron chi connectivity index (χ1n) is 6.16. The maximum absolute atomic E-state index is 5.44. The number of anilines is 2. The standard InChI is InChI=1S/C12H15N7S/c1-7-5-15-12(20-7)8(2)16-10-11-14-3-4-19(11)6-9(17-10)18-13/h3-6,8,18H,13H2,1-2H3,(H,16,17). The number of nitrogens with zero attached hydrogens (tertiary/aromatic N) is 4. The lowest BCUT2D eigenvalue weighted by Crippen LogP contribution is -2.13. The third kappa shape index (κ3) is 2.30. The van der Waals surface area contributed by atoms with Crippen molar-refractivity contribution in [2.45, 2.75) is 19.9 Å². The fraction of sp³-hybridized carbons (Fsp3) is 0.250. The average molecular weight is 289 g/mol. The van der Waals surface area contributed by atoms with Crippen LogP contribution in [0.15, 0.2) is 24.8 Å². The molecule has 0 fully saturated rings. The first-order valence-corrected chi connectivity index (χ1v) is 6.98. The molecule has 0 aliphatic carbocycles. The molecule has 20 heavy (non-hydrogen) atoms. The van der Waals surface area contributed by atoms with E-state index < -0.39 is 0 Å². The van der Waals surface area contributed by atoms with Gasteiger partial charge in [0.25, 0.3) is 0 Å². The van der Waals surface area contributed by atoms with Crippen LogP contribution >= 0.6 is 11.3 Å². The van der Waals surface area contributed by atoms with Crippen molar-refractivity contribution in [1.82, 2.24) is 19.4 Å². The summed E-state index contributed by atoms with van der Waals surface area (Å²) >= 11 is 1.66. The van der Waals surface area contributed by atoms with Crippen molar-refractivity contribution in [1.29, 1.82) is 0 Å². The number of rotatable bonds is 4. The monoisotopic (exact) mass is 289 g/mol. The molecule has 0 spiro atoms. The minimum Gasteiger partial charge on any atom is -0.358 e. The van der Waals surface area contributed by atoms with E-state index in [1.165, 1.54) is 4.88 Å². The summed E-state index contributed by atoms with van der Waals surface area (Å²) in [6.45, 7) is 4.08. The largest absolute Gasteiger partial charge is 0.358 e. The summed E-state index contributed by atoms with van der Waals surface area (Å²) < 4.78 is 1.87. The molecule has 3 rings (SSSR count). The van der Waals surface area contributed by atoms with Crippen molar-refractivity contribution in [3.8, 4) is 0 Å². The van der Waals surface area contributed by atoms with Gasteiger partial charge in [0.15, 0.2) is 17.3 Å². The van der Waals surface area contributed by atoms with Crippen LogP contribution in [0.1, 0.15) is 22.9 Å². The van der Waals surface area contributed by atoms with Gasteiger partial charge in [0, 0.05) is 23.5 Å². The molecule has 0 radical (unpaired) electrons. The highest BCUT2D eigenvalue weighted by atomic mass is 32.1. The number of nitrogens with one attached hydrogen (secondary N) is 2. The van der Waals surface area contributed by atoms with Crippen LogP contribution in [0.3, 0.4) is 0 Å². The molecule has 3 heterocycles. The third-order valence-electron chi connectivity index (χ3n) is 2.88. The highest BCUT2D eigenvalue weighted by molar-refractivity contribution is 7.11. The zero-order valence-electron chi connectivity index (χ0n) is 11.2. The van der Waals surface area contributed by atoms with Gasteiger partial charge in [-0.1, -0.05) is 0 Å². The van der Waals surface area contributed by atoms with E-state index >= 15 is 0 Å². The van der Waals surface area contributed by atoms with Crippen molar-refractivity contribution in [2.24, 2.45) is 5.84 Å². The number of nitrogen functional groups attached to an aromatic ring is 1. The molecule has 3 aromatic heterocycles. The summed E-state index contributed by atoms with van der Waals surface area (Å²) in [4.78, 5) is 14.3. The Morgan fingerprint density at radius 3 is 2.95 bits per heavy atom. The van der Waals surface area contributed by atoms with Crippen molar-refractivity contribution >= 4 is 28.6 Å². The van der Waals surface area contributed by atoms with Gasteiger partial charge in [-0.15, -0.1) is 11.3 Å². The van der Waals surface area contributed by atoms with Gasteiger partial charge in [-0.3, -0.25) is 0 Å². The Balaban J connectivity index is 1.95. The molecule has 104 valence electrons. The van der Waals surface area contributed by atoms with E-state index in [0.29, 0.717) is 11.6 Å². The number of hydrogen-bond acceptors (Lipinski definition) is 7. The van der Waals surface area contributed by atoms with E-state index in [4.69, 9.17) is 5.84 Å².